The minimum absolute atomic E-state index is 0.237. The third-order valence-corrected chi connectivity index (χ3v) is 4.07. The van der Waals surface area contributed by atoms with Crippen LogP contribution in [0.1, 0.15) is 25.7 Å². The van der Waals surface area contributed by atoms with E-state index in [2.05, 4.69) is 11.9 Å². The predicted octanol–water partition coefficient (Wildman–Crippen LogP) is 1.48. The summed E-state index contributed by atoms with van der Waals surface area (Å²) in [7, 11) is 4.13. The Morgan fingerprint density at radius 1 is 1.18 bits per heavy atom. The van der Waals surface area contributed by atoms with Crippen LogP contribution in [0.4, 0.5) is 4.79 Å². The maximum absolute atomic E-state index is 12.1. The normalized spacial score (nSPS) is 23.1. The molecule has 2 heterocycles. The summed E-state index contributed by atoms with van der Waals surface area (Å²) in [5, 5.41) is 0. The second kappa shape index (κ2) is 5.71. The molecule has 0 aromatic carbocycles. The molecule has 4 heteroatoms. The maximum Gasteiger partial charge on any atom is 0.319 e. The zero-order valence-corrected chi connectivity index (χ0v) is 11.2. The molecule has 0 aromatic heterocycles. The van der Waals surface area contributed by atoms with E-state index in [1.807, 2.05) is 16.8 Å². The molecule has 2 aliphatic heterocycles. The van der Waals surface area contributed by atoms with Crippen LogP contribution in [0.3, 0.4) is 0 Å². The highest BCUT2D eigenvalue weighted by molar-refractivity contribution is 5.74. The number of carbonyl (C=O) groups excluding carboxylic acids is 1. The van der Waals surface area contributed by atoms with E-state index < -0.39 is 0 Å². The number of amides is 2. The van der Waals surface area contributed by atoms with Crippen LogP contribution < -0.4 is 0 Å². The topological polar surface area (TPSA) is 26.8 Å². The van der Waals surface area contributed by atoms with Gasteiger partial charge in [0.1, 0.15) is 0 Å². The molecular weight excluding hydrogens is 214 g/mol. The lowest BCUT2D eigenvalue weighted by molar-refractivity contribution is 0.148. The van der Waals surface area contributed by atoms with Gasteiger partial charge in [-0.25, -0.2) is 4.79 Å². The third-order valence-electron chi connectivity index (χ3n) is 4.07. The number of nitrogens with zero attached hydrogens (tertiary/aromatic N) is 3. The second-order valence-electron chi connectivity index (χ2n) is 5.60. The van der Waals surface area contributed by atoms with Crippen molar-refractivity contribution in [2.24, 2.45) is 5.92 Å². The van der Waals surface area contributed by atoms with Gasteiger partial charge in [0.15, 0.2) is 0 Å². The van der Waals surface area contributed by atoms with Crippen LogP contribution in [0.25, 0.3) is 0 Å². The summed E-state index contributed by atoms with van der Waals surface area (Å²) in [6.07, 6.45) is 4.81. The lowest BCUT2D eigenvalue weighted by atomic mass is 9.97. The molecule has 0 saturated carbocycles. The van der Waals surface area contributed by atoms with Crippen LogP contribution >= 0.6 is 0 Å². The van der Waals surface area contributed by atoms with E-state index in [1.54, 1.807) is 0 Å². The summed E-state index contributed by atoms with van der Waals surface area (Å²) in [6.45, 7) is 5.20. The molecule has 2 fully saturated rings. The number of likely N-dealkylation sites (tertiary alicyclic amines) is 2. The van der Waals surface area contributed by atoms with Crippen LogP contribution in [0.2, 0.25) is 0 Å². The van der Waals surface area contributed by atoms with E-state index in [9.17, 15) is 4.79 Å². The molecule has 2 saturated heterocycles. The van der Waals surface area contributed by atoms with Gasteiger partial charge in [-0.3, -0.25) is 0 Å². The molecular formula is C13H25N3O. The number of hydrogen-bond donors (Lipinski definition) is 0. The van der Waals surface area contributed by atoms with Crippen molar-refractivity contribution in [2.75, 3.05) is 46.8 Å². The van der Waals surface area contributed by atoms with Gasteiger partial charge in [0.2, 0.25) is 0 Å². The highest BCUT2D eigenvalue weighted by atomic mass is 16.2. The molecule has 0 aromatic rings. The van der Waals surface area contributed by atoms with Crippen LogP contribution in [0, 0.1) is 5.92 Å². The second-order valence-corrected chi connectivity index (χ2v) is 5.60. The van der Waals surface area contributed by atoms with Crippen LogP contribution in [0.5, 0.6) is 0 Å². The Morgan fingerprint density at radius 2 is 1.76 bits per heavy atom. The molecule has 2 rings (SSSR count). The van der Waals surface area contributed by atoms with Crippen molar-refractivity contribution >= 4 is 6.03 Å². The van der Waals surface area contributed by atoms with Crippen LogP contribution in [-0.4, -0.2) is 67.5 Å². The predicted molar refractivity (Wildman–Crippen MR) is 69.1 cm³/mol. The lowest BCUT2D eigenvalue weighted by Crippen LogP contribution is -2.43. The standard InChI is InChI=1S/C13H25N3O/c1-14-9-5-12(6-10-14)11-15(2)13(17)16-7-3-4-8-16/h12H,3-11H2,1-2H3. The van der Waals surface area contributed by atoms with Crippen molar-refractivity contribution in [1.82, 2.24) is 14.7 Å². The molecule has 0 unspecified atom stereocenters. The molecule has 0 aliphatic carbocycles. The van der Waals surface area contributed by atoms with Gasteiger partial charge in [0.05, 0.1) is 0 Å². The summed E-state index contributed by atoms with van der Waals surface area (Å²) < 4.78 is 0. The highest BCUT2D eigenvalue weighted by Crippen LogP contribution is 2.18. The maximum atomic E-state index is 12.1. The largest absolute Gasteiger partial charge is 0.327 e. The van der Waals surface area contributed by atoms with Crippen molar-refractivity contribution in [2.45, 2.75) is 25.7 Å². The van der Waals surface area contributed by atoms with E-state index >= 15 is 0 Å². The average molecular weight is 239 g/mol. The van der Waals surface area contributed by atoms with Gasteiger partial charge >= 0.3 is 6.03 Å². The van der Waals surface area contributed by atoms with E-state index in [0.717, 1.165) is 19.6 Å². The number of urea groups is 1. The Kier molecular flexibility index (Phi) is 4.26. The van der Waals surface area contributed by atoms with Gasteiger partial charge in [-0.05, 0) is 51.7 Å². The molecule has 2 aliphatic rings. The van der Waals surface area contributed by atoms with Crippen molar-refractivity contribution in [3.63, 3.8) is 0 Å². The smallest absolute Gasteiger partial charge is 0.319 e. The average Bonchev–Trinajstić information content (AvgIpc) is 2.84. The van der Waals surface area contributed by atoms with E-state index in [0.29, 0.717) is 5.92 Å². The van der Waals surface area contributed by atoms with E-state index in [1.165, 1.54) is 38.8 Å². The quantitative estimate of drug-likeness (QED) is 0.729. The van der Waals surface area contributed by atoms with Gasteiger partial charge in [-0.2, -0.15) is 0 Å². The van der Waals surface area contributed by atoms with Gasteiger partial charge in [-0.1, -0.05) is 0 Å². The molecule has 98 valence electrons. The molecule has 4 nitrogen and oxygen atoms in total. The van der Waals surface area contributed by atoms with Crippen molar-refractivity contribution in [3.05, 3.63) is 0 Å². The monoisotopic (exact) mass is 239 g/mol. The summed E-state index contributed by atoms with van der Waals surface area (Å²) >= 11 is 0. The fourth-order valence-corrected chi connectivity index (χ4v) is 2.86. The van der Waals surface area contributed by atoms with E-state index in [-0.39, 0.29) is 6.03 Å². The first-order valence-corrected chi connectivity index (χ1v) is 6.85. The number of hydrogen-bond acceptors (Lipinski definition) is 2. The SMILES string of the molecule is CN1CCC(CN(C)C(=O)N2CCCC2)CC1. The van der Waals surface area contributed by atoms with Gasteiger partial charge < -0.3 is 14.7 Å². The molecule has 0 spiro atoms. The molecule has 2 amide bonds. The van der Waals surface area contributed by atoms with Gasteiger partial charge in [0, 0.05) is 26.7 Å². The molecule has 0 N–H and O–H groups in total. The first kappa shape index (κ1) is 12.7. The van der Waals surface area contributed by atoms with E-state index in [4.69, 9.17) is 0 Å². The molecule has 17 heavy (non-hydrogen) atoms. The summed E-state index contributed by atoms with van der Waals surface area (Å²) in [4.78, 5) is 18.4. The number of carbonyl (C=O) groups is 1. The zero-order valence-electron chi connectivity index (χ0n) is 11.2. The Bertz CT molecular complexity index is 255. The Balaban J connectivity index is 1.76. The summed E-state index contributed by atoms with van der Waals surface area (Å²) in [6, 6.07) is 0.237. The fraction of sp³-hybridized carbons (Fsp3) is 0.923. The molecule has 0 atom stereocenters. The Labute approximate surface area is 105 Å². The van der Waals surface area contributed by atoms with Crippen molar-refractivity contribution < 1.29 is 4.79 Å². The van der Waals surface area contributed by atoms with Crippen molar-refractivity contribution in [1.29, 1.82) is 0 Å². The van der Waals surface area contributed by atoms with Crippen molar-refractivity contribution in [3.8, 4) is 0 Å². The van der Waals surface area contributed by atoms with Gasteiger partial charge in [0.25, 0.3) is 0 Å². The minimum atomic E-state index is 0.237. The minimum Gasteiger partial charge on any atom is -0.327 e. The first-order chi connectivity index (χ1) is 8.16. The fourth-order valence-electron chi connectivity index (χ4n) is 2.86. The third kappa shape index (κ3) is 3.35. The highest BCUT2D eigenvalue weighted by Gasteiger charge is 2.24. The Hall–Kier alpha value is -0.770. The summed E-state index contributed by atoms with van der Waals surface area (Å²) in [5.74, 6) is 0.697. The molecule has 0 bridgehead atoms. The Morgan fingerprint density at radius 3 is 2.35 bits per heavy atom. The first-order valence-electron chi connectivity index (χ1n) is 6.85. The van der Waals surface area contributed by atoms with Gasteiger partial charge in [-0.15, -0.1) is 0 Å². The number of rotatable bonds is 2. The molecule has 0 radical (unpaired) electrons. The zero-order chi connectivity index (χ0) is 12.3. The summed E-state index contributed by atoms with van der Waals surface area (Å²) in [5.41, 5.74) is 0. The van der Waals surface area contributed by atoms with Crippen LogP contribution in [0.15, 0.2) is 0 Å². The lowest BCUT2D eigenvalue weighted by Gasteiger charge is -2.33. The number of piperidine rings is 1. The van der Waals surface area contributed by atoms with Crippen LogP contribution in [-0.2, 0) is 0 Å².